The third kappa shape index (κ3) is 2.75. The molecule has 0 bridgehead atoms. The van der Waals surface area contributed by atoms with Crippen molar-refractivity contribution >= 4 is 27.3 Å². The third-order valence-corrected chi connectivity index (χ3v) is 2.64. The van der Waals surface area contributed by atoms with Gasteiger partial charge in [0.15, 0.2) is 0 Å². The van der Waals surface area contributed by atoms with Gasteiger partial charge in [0, 0.05) is 6.07 Å². The number of ether oxygens (including phenoxy) is 1. The van der Waals surface area contributed by atoms with Crippen molar-refractivity contribution in [3.05, 3.63) is 51.1 Å². The van der Waals surface area contributed by atoms with Crippen LogP contribution in [0.4, 0.5) is 11.4 Å². The maximum Gasteiger partial charge on any atom is 0.273 e. The molecule has 0 saturated carbocycles. The van der Waals surface area contributed by atoms with Gasteiger partial charge < -0.3 is 10.5 Å². The molecule has 1 heterocycles. The number of nitrogens with two attached hydrogens (primary N) is 1. The maximum atomic E-state index is 10.6. The second kappa shape index (κ2) is 5.01. The summed E-state index contributed by atoms with van der Waals surface area (Å²) in [5.74, 6) is 0.631. The number of non-ortho nitro benzene ring substituents is 1. The van der Waals surface area contributed by atoms with Crippen LogP contribution in [0.3, 0.4) is 0 Å². The van der Waals surface area contributed by atoms with Crippen LogP contribution in [0.1, 0.15) is 0 Å². The Bertz CT molecular complexity index is 604. The van der Waals surface area contributed by atoms with Crippen LogP contribution in [-0.2, 0) is 0 Å². The summed E-state index contributed by atoms with van der Waals surface area (Å²) in [5.41, 5.74) is 6.00. The molecule has 0 spiro atoms. The molecule has 0 amide bonds. The van der Waals surface area contributed by atoms with Crippen LogP contribution in [-0.4, -0.2) is 9.91 Å². The number of hydrogen-bond donors (Lipinski definition) is 1. The van der Waals surface area contributed by atoms with Crippen LogP contribution in [0.15, 0.2) is 41.0 Å². The minimum absolute atomic E-state index is 0.0425. The first-order valence-electron chi connectivity index (χ1n) is 4.89. The van der Waals surface area contributed by atoms with Crippen molar-refractivity contribution in [2.45, 2.75) is 0 Å². The summed E-state index contributed by atoms with van der Waals surface area (Å²) in [6.07, 6.45) is 1.44. The number of aromatic nitrogens is 1. The Kier molecular flexibility index (Phi) is 3.42. The topological polar surface area (TPSA) is 91.3 Å². The lowest BCUT2D eigenvalue weighted by Gasteiger charge is -2.06. The van der Waals surface area contributed by atoms with Gasteiger partial charge in [0.25, 0.3) is 5.69 Å². The van der Waals surface area contributed by atoms with E-state index in [-0.39, 0.29) is 5.69 Å². The Labute approximate surface area is 111 Å². The number of benzene rings is 1. The normalized spacial score (nSPS) is 10.1. The van der Waals surface area contributed by atoms with Crippen LogP contribution < -0.4 is 10.5 Å². The summed E-state index contributed by atoms with van der Waals surface area (Å²) < 4.78 is 6.01. The summed E-state index contributed by atoms with van der Waals surface area (Å²) in [5, 5.41) is 10.6. The van der Waals surface area contributed by atoms with Crippen molar-refractivity contribution in [3.8, 4) is 11.6 Å². The number of nitro benzene ring substituents is 1. The standard InChI is InChI=1S/C11H8BrN3O3/c12-10-4-7(13)6-14-11(10)18-9-3-1-2-8(5-9)15(16)17/h1-6H,13H2. The number of halogens is 1. The van der Waals surface area contributed by atoms with E-state index < -0.39 is 4.92 Å². The van der Waals surface area contributed by atoms with Crippen molar-refractivity contribution in [1.29, 1.82) is 0 Å². The monoisotopic (exact) mass is 309 g/mol. The lowest BCUT2D eigenvalue weighted by Crippen LogP contribution is -1.93. The fourth-order valence-electron chi connectivity index (χ4n) is 1.29. The second-order valence-electron chi connectivity index (χ2n) is 3.41. The van der Waals surface area contributed by atoms with E-state index >= 15 is 0 Å². The molecular weight excluding hydrogens is 302 g/mol. The zero-order valence-electron chi connectivity index (χ0n) is 9.04. The molecule has 1 aromatic heterocycles. The molecule has 7 heteroatoms. The number of nitro groups is 1. The van der Waals surface area contributed by atoms with Crippen molar-refractivity contribution in [3.63, 3.8) is 0 Å². The van der Waals surface area contributed by atoms with E-state index in [0.717, 1.165) is 0 Å². The van der Waals surface area contributed by atoms with Crippen molar-refractivity contribution in [2.75, 3.05) is 5.73 Å². The van der Waals surface area contributed by atoms with Gasteiger partial charge in [0.2, 0.25) is 5.88 Å². The van der Waals surface area contributed by atoms with E-state index in [9.17, 15) is 10.1 Å². The molecule has 0 aliphatic carbocycles. The molecule has 92 valence electrons. The predicted molar refractivity (Wildman–Crippen MR) is 69.5 cm³/mol. The van der Waals surface area contributed by atoms with Gasteiger partial charge in [-0.15, -0.1) is 0 Å². The number of rotatable bonds is 3. The summed E-state index contributed by atoms with van der Waals surface area (Å²) in [7, 11) is 0. The van der Waals surface area contributed by atoms with E-state index in [1.807, 2.05) is 0 Å². The summed E-state index contributed by atoms with van der Waals surface area (Å²) in [6.45, 7) is 0. The molecule has 6 nitrogen and oxygen atoms in total. The van der Waals surface area contributed by atoms with E-state index in [1.165, 1.54) is 18.3 Å². The lowest BCUT2D eigenvalue weighted by molar-refractivity contribution is -0.384. The number of hydrogen-bond acceptors (Lipinski definition) is 5. The molecule has 0 fully saturated rings. The molecule has 1 aromatic carbocycles. The van der Waals surface area contributed by atoms with Crippen LogP contribution >= 0.6 is 15.9 Å². The van der Waals surface area contributed by atoms with Gasteiger partial charge in [-0.3, -0.25) is 10.1 Å². The first kappa shape index (κ1) is 12.3. The third-order valence-electron chi connectivity index (χ3n) is 2.07. The fourth-order valence-corrected chi connectivity index (χ4v) is 1.74. The van der Waals surface area contributed by atoms with Crippen LogP contribution in [0, 0.1) is 10.1 Å². The molecule has 2 rings (SSSR count). The Morgan fingerprint density at radius 2 is 2.17 bits per heavy atom. The van der Waals surface area contributed by atoms with Crippen molar-refractivity contribution in [2.24, 2.45) is 0 Å². The molecule has 0 aliphatic rings. The van der Waals surface area contributed by atoms with Gasteiger partial charge in [-0.25, -0.2) is 4.98 Å². The highest BCUT2D eigenvalue weighted by Crippen LogP contribution is 2.30. The molecule has 0 saturated heterocycles. The van der Waals surface area contributed by atoms with Crippen LogP contribution in [0.25, 0.3) is 0 Å². The highest BCUT2D eigenvalue weighted by molar-refractivity contribution is 9.10. The van der Waals surface area contributed by atoms with E-state index in [2.05, 4.69) is 20.9 Å². The number of nitrogen functional groups attached to an aromatic ring is 1. The predicted octanol–water partition coefficient (Wildman–Crippen LogP) is 3.13. The number of pyridine rings is 1. The first-order chi connectivity index (χ1) is 8.56. The Morgan fingerprint density at radius 3 is 2.83 bits per heavy atom. The summed E-state index contributed by atoms with van der Waals surface area (Å²) in [4.78, 5) is 14.1. The smallest absolute Gasteiger partial charge is 0.273 e. The van der Waals surface area contributed by atoms with Gasteiger partial charge in [-0.1, -0.05) is 6.07 Å². The highest BCUT2D eigenvalue weighted by Gasteiger charge is 2.09. The first-order valence-corrected chi connectivity index (χ1v) is 5.69. The Balaban J connectivity index is 2.28. The lowest BCUT2D eigenvalue weighted by atomic mass is 10.3. The minimum Gasteiger partial charge on any atom is -0.438 e. The molecule has 2 aromatic rings. The number of anilines is 1. The average Bonchev–Trinajstić information content (AvgIpc) is 2.33. The second-order valence-corrected chi connectivity index (χ2v) is 4.27. The van der Waals surface area contributed by atoms with E-state index in [0.29, 0.717) is 21.8 Å². The average molecular weight is 310 g/mol. The van der Waals surface area contributed by atoms with E-state index in [1.54, 1.807) is 18.2 Å². The van der Waals surface area contributed by atoms with Gasteiger partial charge >= 0.3 is 0 Å². The van der Waals surface area contributed by atoms with Gasteiger partial charge in [0.05, 0.1) is 27.3 Å². The Hall–Kier alpha value is -2.15. The quantitative estimate of drug-likeness (QED) is 0.694. The van der Waals surface area contributed by atoms with E-state index in [4.69, 9.17) is 10.5 Å². The molecule has 18 heavy (non-hydrogen) atoms. The fraction of sp³-hybridized carbons (Fsp3) is 0. The largest absolute Gasteiger partial charge is 0.438 e. The molecule has 0 aliphatic heterocycles. The van der Waals surface area contributed by atoms with Crippen LogP contribution in [0.2, 0.25) is 0 Å². The SMILES string of the molecule is Nc1cnc(Oc2cccc([N+](=O)[O-])c2)c(Br)c1. The molecule has 2 N–H and O–H groups in total. The van der Waals surface area contributed by atoms with Gasteiger partial charge in [0.1, 0.15) is 5.75 Å². The number of nitrogens with zero attached hydrogens (tertiary/aromatic N) is 2. The van der Waals surface area contributed by atoms with Crippen LogP contribution in [0.5, 0.6) is 11.6 Å². The van der Waals surface area contributed by atoms with Gasteiger partial charge in [-0.05, 0) is 28.1 Å². The minimum atomic E-state index is -0.488. The highest BCUT2D eigenvalue weighted by atomic mass is 79.9. The van der Waals surface area contributed by atoms with Crippen molar-refractivity contribution < 1.29 is 9.66 Å². The molecule has 0 atom stereocenters. The zero-order chi connectivity index (χ0) is 13.1. The van der Waals surface area contributed by atoms with Gasteiger partial charge in [-0.2, -0.15) is 0 Å². The maximum absolute atomic E-state index is 10.6. The molecule has 0 radical (unpaired) electrons. The molecular formula is C11H8BrN3O3. The summed E-state index contributed by atoms with van der Waals surface area (Å²) in [6, 6.07) is 7.50. The zero-order valence-corrected chi connectivity index (χ0v) is 10.6. The summed E-state index contributed by atoms with van der Waals surface area (Å²) >= 11 is 3.25. The molecule has 0 unspecified atom stereocenters. The van der Waals surface area contributed by atoms with Crippen molar-refractivity contribution in [1.82, 2.24) is 4.98 Å². The Morgan fingerprint density at radius 1 is 1.39 bits per heavy atom.